The Balaban J connectivity index is 1.95. The number of nitro benzene ring substituents is 1. The van der Waals surface area contributed by atoms with Gasteiger partial charge in [-0.1, -0.05) is 11.6 Å². The number of aromatic nitrogens is 4. The zero-order valence-electron chi connectivity index (χ0n) is 12.3. The maximum absolute atomic E-state index is 11.2. The number of halogens is 1. The second-order valence-electron chi connectivity index (χ2n) is 4.54. The van der Waals surface area contributed by atoms with Gasteiger partial charge in [-0.05, 0) is 58.6 Å². The molecular formula is C14H10ClN5O3S. The van der Waals surface area contributed by atoms with E-state index in [0.717, 1.165) is 11.8 Å². The van der Waals surface area contributed by atoms with Crippen molar-refractivity contribution in [3.05, 3.63) is 57.6 Å². The fourth-order valence-corrected chi connectivity index (χ4v) is 2.99. The van der Waals surface area contributed by atoms with E-state index < -0.39 is 4.92 Å². The first-order valence-electron chi connectivity index (χ1n) is 6.63. The van der Waals surface area contributed by atoms with Crippen LogP contribution >= 0.6 is 23.4 Å². The Bertz CT molecular complexity index is 884. The Morgan fingerprint density at radius 1 is 1.25 bits per heavy atom. The van der Waals surface area contributed by atoms with Gasteiger partial charge in [-0.15, -0.1) is 5.10 Å². The third kappa shape index (κ3) is 3.31. The second-order valence-corrected chi connectivity index (χ2v) is 5.99. The van der Waals surface area contributed by atoms with Gasteiger partial charge in [0.1, 0.15) is 5.75 Å². The molecule has 8 nitrogen and oxygen atoms in total. The van der Waals surface area contributed by atoms with Crippen molar-refractivity contribution < 1.29 is 9.66 Å². The minimum Gasteiger partial charge on any atom is -0.497 e. The molecular weight excluding hydrogens is 354 g/mol. The van der Waals surface area contributed by atoms with Crippen LogP contribution < -0.4 is 4.74 Å². The number of ether oxygens (including phenoxy) is 1. The molecule has 2 aromatic carbocycles. The molecule has 0 unspecified atom stereocenters. The molecule has 0 amide bonds. The van der Waals surface area contributed by atoms with Crippen molar-refractivity contribution in [3.8, 4) is 11.4 Å². The summed E-state index contributed by atoms with van der Waals surface area (Å²) in [4.78, 5) is 11.1. The number of hydrogen-bond donors (Lipinski definition) is 0. The summed E-state index contributed by atoms with van der Waals surface area (Å²) >= 11 is 6.91. The summed E-state index contributed by atoms with van der Waals surface area (Å²) < 4.78 is 6.60. The van der Waals surface area contributed by atoms with E-state index in [-0.39, 0.29) is 5.69 Å². The molecule has 0 atom stereocenters. The first-order valence-corrected chi connectivity index (χ1v) is 7.82. The first kappa shape index (κ1) is 16.2. The molecule has 0 aliphatic carbocycles. The maximum Gasteiger partial charge on any atom is 0.284 e. The van der Waals surface area contributed by atoms with E-state index >= 15 is 0 Å². The van der Waals surface area contributed by atoms with Crippen molar-refractivity contribution in [2.45, 2.75) is 10.1 Å². The molecule has 0 saturated carbocycles. The van der Waals surface area contributed by atoms with Crippen molar-refractivity contribution in [1.29, 1.82) is 0 Å². The minimum absolute atomic E-state index is 0.100. The van der Waals surface area contributed by atoms with E-state index in [9.17, 15) is 10.1 Å². The predicted octanol–water partition coefficient (Wildman–Crippen LogP) is 3.38. The van der Waals surface area contributed by atoms with Crippen LogP contribution in [0.1, 0.15) is 0 Å². The quantitative estimate of drug-likeness (QED) is 0.506. The third-order valence-electron chi connectivity index (χ3n) is 3.08. The minimum atomic E-state index is -0.490. The summed E-state index contributed by atoms with van der Waals surface area (Å²) in [5, 5.41) is 23.4. The number of tetrazole rings is 1. The molecule has 0 aliphatic rings. The number of nitrogens with zero attached hydrogens (tertiary/aromatic N) is 5. The molecule has 10 heteroatoms. The van der Waals surface area contributed by atoms with Crippen LogP contribution in [0.25, 0.3) is 5.69 Å². The lowest BCUT2D eigenvalue weighted by Crippen LogP contribution is -1.99. The van der Waals surface area contributed by atoms with Gasteiger partial charge in [0.15, 0.2) is 0 Å². The van der Waals surface area contributed by atoms with Crippen LogP contribution in [0.2, 0.25) is 5.02 Å². The highest BCUT2D eigenvalue weighted by Gasteiger charge is 2.19. The van der Waals surface area contributed by atoms with Crippen molar-refractivity contribution in [2.24, 2.45) is 0 Å². The number of rotatable bonds is 5. The zero-order chi connectivity index (χ0) is 17.1. The molecule has 3 aromatic rings. The maximum atomic E-state index is 11.2. The van der Waals surface area contributed by atoms with Crippen LogP contribution in [0.5, 0.6) is 5.75 Å². The highest BCUT2D eigenvalue weighted by Crippen LogP contribution is 2.35. The summed E-state index contributed by atoms with van der Waals surface area (Å²) in [5.41, 5.74) is 0.608. The third-order valence-corrected chi connectivity index (χ3v) is 4.31. The van der Waals surface area contributed by atoms with E-state index in [2.05, 4.69) is 15.5 Å². The molecule has 1 heterocycles. The molecule has 0 saturated heterocycles. The number of nitro groups is 1. The number of hydrogen-bond acceptors (Lipinski definition) is 7. The van der Waals surface area contributed by atoms with Crippen LogP contribution in [0, 0.1) is 10.1 Å². The van der Waals surface area contributed by atoms with E-state index in [0.29, 0.717) is 26.5 Å². The predicted molar refractivity (Wildman–Crippen MR) is 87.9 cm³/mol. The van der Waals surface area contributed by atoms with Crippen molar-refractivity contribution in [2.75, 3.05) is 7.11 Å². The van der Waals surface area contributed by atoms with Crippen molar-refractivity contribution >= 4 is 29.1 Å². The van der Waals surface area contributed by atoms with Crippen LogP contribution in [0.4, 0.5) is 5.69 Å². The summed E-state index contributed by atoms with van der Waals surface area (Å²) in [5.74, 6) is 0.703. The van der Waals surface area contributed by atoms with Crippen LogP contribution in [0.3, 0.4) is 0 Å². The highest BCUT2D eigenvalue weighted by molar-refractivity contribution is 7.99. The van der Waals surface area contributed by atoms with E-state index in [4.69, 9.17) is 16.3 Å². The van der Waals surface area contributed by atoms with Crippen molar-refractivity contribution in [3.63, 3.8) is 0 Å². The average Bonchev–Trinajstić information content (AvgIpc) is 3.04. The molecule has 0 spiro atoms. The molecule has 0 radical (unpaired) electrons. The normalized spacial score (nSPS) is 10.6. The van der Waals surface area contributed by atoms with Gasteiger partial charge in [0.25, 0.3) is 5.69 Å². The molecule has 1 aromatic heterocycles. The van der Waals surface area contributed by atoms with E-state index in [1.165, 1.54) is 10.7 Å². The topological polar surface area (TPSA) is 96.0 Å². The van der Waals surface area contributed by atoms with Gasteiger partial charge in [0.2, 0.25) is 5.16 Å². The summed E-state index contributed by atoms with van der Waals surface area (Å²) in [6.45, 7) is 0. The van der Waals surface area contributed by atoms with E-state index in [1.54, 1.807) is 43.5 Å². The first-order chi connectivity index (χ1) is 11.6. The van der Waals surface area contributed by atoms with Crippen LogP contribution in [0.15, 0.2) is 52.5 Å². The smallest absolute Gasteiger partial charge is 0.284 e. The zero-order valence-corrected chi connectivity index (χ0v) is 13.9. The molecule has 24 heavy (non-hydrogen) atoms. The molecule has 3 rings (SSSR count). The van der Waals surface area contributed by atoms with Gasteiger partial charge in [0.05, 0.1) is 22.6 Å². The van der Waals surface area contributed by atoms with Gasteiger partial charge in [-0.2, -0.15) is 4.68 Å². The summed E-state index contributed by atoms with van der Waals surface area (Å²) in [7, 11) is 1.58. The number of benzene rings is 2. The highest BCUT2D eigenvalue weighted by atomic mass is 35.5. The average molecular weight is 364 g/mol. The Hall–Kier alpha value is -2.65. The van der Waals surface area contributed by atoms with Crippen LogP contribution in [-0.4, -0.2) is 32.2 Å². The van der Waals surface area contributed by atoms with Crippen LogP contribution in [-0.2, 0) is 0 Å². The fraction of sp³-hybridized carbons (Fsp3) is 0.0714. The summed E-state index contributed by atoms with van der Waals surface area (Å²) in [6, 6.07) is 11.6. The van der Waals surface area contributed by atoms with Gasteiger partial charge in [-0.25, -0.2) is 0 Å². The molecule has 122 valence electrons. The molecule has 0 aliphatic heterocycles. The Kier molecular flexibility index (Phi) is 4.63. The lowest BCUT2D eigenvalue weighted by atomic mass is 10.3. The van der Waals surface area contributed by atoms with Gasteiger partial charge >= 0.3 is 0 Å². The Morgan fingerprint density at radius 2 is 2.00 bits per heavy atom. The largest absolute Gasteiger partial charge is 0.497 e. The standard InChI is InChI=1S/C14H10ClN5O3S/c1-23-11-5-3-10(4-6-11)19-14(16-17-18-19)24-13-7-2-9(15)8-12(13)20(21)22/h2-8H,1H3. The van der Waals surface area contributed by atoms with Gasteiger partial charge in [-0.3, -0.25) is 10.1 Å². The van der Waals surface area contributed by atoms with Gasteiger partial charge < -0.3 is 4.74 Å². The lowest BCUT2D eigenvalue weighted by Gasteiger charge is -2.06. The molecule has 0 bridgehead atoms. The second kappa shape index (κ2) is 6.85. The lowest BCUT2D eigenvalue weighted by molar-refractivity contribution is -0.387. The molecule has 0 N–H and O–H groups in total. The Morgan fingerprint density at radius 3 is 2.67 bits per heavy atom. The number of methoxy groups -OCH3 is 1. The van der Waals surface area contributed by atoms with E-state index in [1.807, 2.05) is 0 Å². The Labute approximate surface area is 145 Å². The monoisotopic (exact) mass is 363 g/mol. The fourth-order valence-electron chi connectivity index (χ4n) is 1.95. The summed E-state index contributed by atoms with van der Waals surface area (Å²) in [6.07, 6.45) is 0. The molecule has 0 fully saturated rings. The van der Waals surface area contributed by atoms with Crippen molar-refractivity contribution in [1.82, 2.24) is 20.2 Å². The SMILES string of the molecule is COc1ccc(-n2nnnc2Sc2ccc(Cl)cc2[N+](=O)[O-])cc1. The van der Waals surface area contributed by atoms with Gasteiger partial charge in [0, 0.05) is 11.1 Å².